The van der Waals surface area contributed by atoms with Gasteiger partial charge in [0.1, 0.15) is 5.58 Å². The fourth-order valence-corrected chi connectivity index (χ4v) is 2.81. The Morgan fingerprint density at radius 3 is 2.33 bits per heavy atom. The van der Waals surface area contributed by atoms with Gasteiger partial charge in [-0.2, -0.15) is 0 Å². The number of carbonyl (C=O) groups is 1. The number of amides is 1. The van der Waals surface area contributed by atoms with Crippen LogP contribution in [0.2, 0.25) is 0 Å². The smallest absolute Gasteiger partial charge is 0.235 e. The third kappa shape index (κ3) is 3.44. The van der Waals surface area contributed by atoms with Gasteiger partial charge in [-0.15, -0.1) is 0 Å². The number of hydrogen-bond acceptors (Lipinski definition) is 6. The first-order valence-electron chi connectivity index (χ1n) is 8.13. The molecule has 1 aromatic heterocycles. The van der Waals surface area contributed by atoms with E-state index in [1.54, 1.807) is 43.5 Å². The molecule has 0 saturated heterocycles. The van der Waals surface area contributed by atoms with Gasteiger partial charge in [-0.3, -0.25) is 9.59 Å². The third-order valence-electron chi connectivity index (χ3n) is 4.02. The number of benzene rings is 2. The van der Waals surface area contributed by atoms with Crippen LogP contribution in [0.1, 0.15) is 6.92 Å². The van der Waals surface area contributed by atoms with Gasteiger partial charge in [0.2, 0.25) is 17.1 Å². The van der Waals surface area contributed by atoms with Crippen LogP contribution in [0.25, 0.3) is 22.3 Å². The van der Waals surface area contributed by atoms with E-state index in [0.717, 1.165) is 0 Å². The van der Waals surface area contributed by atoms with E-state index >= 15 is 0 Å². The maximum absolute atomic E-state index is 12.9. The van der Waals surface area contributed by atoms with Gasteiger partial charge in [0.15, 0.2) is 17.3 Å². The van der Waals surface area contributed by atoms with E-state index in [1.165, 1.54) is 21.1 Å². The number of fused-ring (bicyclic) bond motifs is 1. The lowest BCUT2D eigenvalue weighted by Crippen LogP contribution is -2.09. The molecule has 1 amide bonds. The number of methoxy groups -OCH3 is 3. The fraction of sp³-hybridized carbons (Fsp3) is 0.200. The summed E-state index contributed by atoms with van der Waals surface area (Å²) in [4.78, 5) is 24.2. The van der Waals surface area contributed by atoms with Crippen LogP contribution in [-0.4, -0.2) is 27.2 Å². The predicted octanol–water partition coefficient (Wildman–Crippen LogP) is 3.44. The number of ether oxygens (including phenoxy) is 3. The molecule has 0 bridgehead atoms. The maximum atomic E-state index is 12.9. The van der Waals surface area contributed by atoms with Gasteiger partial charge < -0.3 is 23.9 Å². The Hall–Kier alpha value is -3.48. The molecule has 0 fully saturated rings. The van der Waals surface area contributed by atoms with Crippen LogP contribution in [0.5, 0.6) is 17.2 Å². The molecular formula is C20H19NO6. The van der Waals surface area contributed by atoms with E-state index in [4.69, 9.17) is 18.6 Å². The van der Waals surface area contributed by atoms with Gasteiger partial charge in [-0.05, 0) is 36.4 Å². The standard InChI is InChI=1S/C20H19NO6/c1-11(22)21-13-6-8-15-14(10-13)18(23)20(26-4)19(27-15)12-5-7-16(24-2)17(9-12)25-3/h5-10H,1-4H3,(H,21,22). The Morgan fingerprint density at radius 1 is 0.963 bits per heavy atom. The Bertz CT molecular complexity index is 1070. The number of rotatable bonds is 5. The van der Waals surface area contributed by atoms with Crippen molar-refractivity contribution in [1.82, 2.24) is 0 Å². The topological polar surface area (TPSA) is 87.0 Å². The molecule has 7 heteroatoms. The minimum Gasteiger partial charge on any atom is -0.493 e. The second-order valence-electron chi connectivity index (χ2n) is 5.76. The Kier molecular flexibility index (Phi) is 5.03. The van der Waals surface area contributed by atoms with Gasteiger partial charge >= 0.3 is 0 Å². The minimum absolute atomic E-state index is 0.0645. The summed E-state index contributed by atoms with van der Waals surface area (Å²) < 4.78 is 21.8. The van der Waals surface area contributed by atoms with E-state index in [0.29, 0.717) is 33.7 Å². The Labute approximate surface area is 155 Å². The van der Waals surface area contributed by atoms with E-state index in [-0.39, 0.29) is 22.8 Å². The fourth-order valence-electron chi connectivity index (χ4n) is 2.81. The molecule has 0 saturated carbocycles. The van der Waals surface area contributed by atoms with Crippen molar-refractivity contribution in [1.29, 1.82) is 0 Å². The van der Waals surface area contributed by atoms with Crippen LogP contribution in [0.3, 0.4) is 0 Å². The molecule has 0 atom stereocenters. The van der Waals surface area contributed by atoms with Gasteiger partial charge in [0.05, 0.1) is 26.7 Å². The summed E-state index contributed by atoms with van der Waals surface area (Å²) in [5, 5.41) is 2.95. The zero-order valence-corrected chi connectivity index (χ0v) is 15.4. The first-order valence-corrected chi connectivity index (χ1v) is 8.13. The summed E-state index contributed by atoms with van der Waals surface area (Å²) in [6.45, 7) is 1.40. The van der Waals surface area contributed by atoms with Crippen LogP contribution in [0, 0.1) is 0 Å². The average molecular weight is 369 g/mol. The molecule has 7 nitrogen and oxygen atoms in total. The molecule has 3 rings (SSSR count). The molecule has 0 aliphatic rings. The summed E-state index contributed by atoms with van der Waals surface area (Å²) >= 11 is 0. The largest absolute Gasteiger partial charge is 0.493 e. The highest BCUT2D eigenvalue weighted by Gasteiger charge is 2.19. The second-order valence-corrected chi connectivity index (χ2v) is 5.76. The van der Waals surface area contributed by atoms with Gasteiger partial charge in [0.25, 0.3) is 0 Å². The van der Waals surface area contributed by atoms with Crippen molar-refractivity contribution in [3.8, 4) is 28.6 Å². The number of carbonyl (C=O) groups excluding carboxylic acids is 1. The number of nitrogens with one attached hydrogen (secondary N) is 1. The van der Waals surface area contributed by atoms with Crippen LogP contribution in [-0.2, 0) is 4.79 Å². The van der Waals surface area contributed by atoms with Gasteiger partial charge in [-0.1, -0.05) is 0 Å². The lowest BCUT2D eigenvalue weighted by molar-refractivity contribution is -0.114. The lowest BCUT2D eigenvalue weighted by Gasteiger charge is -2.12. The van der Waals surface area contributed by atoms with E-state index in [9.17, 15) is 9.59 Å². The normalized spacial score (nSPS) is 10.5. The SMILES string of the molecule is COc1ccc(-c2oc3ccc(NC(C)=O)cc3c(=O)c2OC)cc1OC. The summed E-state index contributed by atoms with van der Waals surface area (Å²) in [6.07, 6.45) is 0. The minimum atomic E-state index is -0.337. The first kappa shape index (κ1) is 18.3. The van der Waals surface area contributed by atoms with Crippen molar-refractivity contribution < 1.29 is 23.4 Å². The lowest BCUT2D eigenvalue weighted by atomic mass is 10.1. The van der Waals surface area contributed by atoms with Crippen LogP contribution in [0.15, 0.2) is 45.6 Å². The highest BCUT2D eigenvalue weighted by atomic mass is 16.5. The summed E-state index contributed by atoms with van der Waals surface area (Å²) in [6, 6.07) is 10.0. The molecule has 0 aliphatic carbocycles. The molecule has 3 aromatic rings. The van der Waals surface area contributed by atoms with E-state index < -0.39 is 0 Å². The molecule has 0 unspecified atom stereocenters. The average Bonchev–Trinajstić information content (AvgIpc) is 2.67. The molecule has 2 aromatic carbocycles. The molecule has 0 aliphatic heterocycles. The Balaban J connectivity index is 2.22. The summed E-state index contributed by atoms with van der Waals surface area (Å²) in [5.41, 5.74) is 1.15. The summed E-state index contributed by atoms with van der Waals surface area (Å²) in [5.74, 6) is 1.18. The summed E-state index contributed by atoms with van der Waals surface area (Å²) in [7, 11) is 4.47. The molecule has 140 valence electrons. The highest BCUT2D eigenvalue weighted by molar-refractivity contribution is 5.92. The van der Waals surface area contributed by atoms with E-state index in [1.807, 2.05) is 0 Å². The molecule has 27 heavy (non-hydrogen) atoms. The molecule has 0 spiro atoms. The highest BCUT2D eigenvalue weighted by Crippen LogP contribution is 2.36. The van der Waals surface area contributed by atoms with Gasteiger partial charge in [0, 0.05) is 18.2 Å². The second kappa shape index (κ2) is 7.41. The molecule has 1 heterocycles. The van der Waals surface area contributed by atoms with Crippen molar-refractivity contribution in [3.05, 3.63) is 46.6 Å². The van der Waals surface area contributed by atoms with Crippen LogP contribution < -0.4 is 25.0 Å². The predicted molar refractivity (Wildman–Crippen MR) is 102 cm³/mol. The maximum Gasteiger partial charge on any atom is 0.235 e. The number of hydrogen-bond donors (Lipinski definition) is 1. The Morgan fingerprint density at radius 2 is 1.70 bits per heavy atom. The third-order valence-corrected chi connectivity index (χ3v) is 4.02. The quantitative estimate of drug-likeness (QED) is 0.741. The molecule has 1 N–H and O–H groups in total. The van der Waals surface area contributed by atoms with Crippen molar-refractivity contribution >= 4 is 22.6 Å². The van der Waals surface area contributed by atoms with Crippen molar-refractivity contribution in [2.75, 3.05) is 26.6 Å². The van der Waals surface area contributed by atoms with E-state index in [2.05, 4.69) is 5.32 Å². The zero-order valence-electron chi connectivity index (χ0n) is 15.4. The molecular weight excluding hydrogens is 350 g/mol. The van der Waals surface area contributed by atoms with Crippen LogP contribution >= 0.6 is 0 Å². The zero-order chi connectivity index (χ0) is 19.6. The monoisotopic (exact) mass is 369 g/mol. The van der Waals surface area contributed by atoms with Gasteiger partial charge in [-0.25, -0.2) is 0 Å². The van der Waals surface area contributed by atoms with Crippen molar-refractivity contribution in [2.45, 2.75) is 6.92 Å². The first-order chi connectivity index (χ1) is 13.0. The van der Waals surface area contributed by atoms with Crippen molar-refractivity contribution in [3.63, 3.8) is 0 Å². The number of anilines is 1. The van der Waals surface area contributed by atoms with Crippen LogP contribution in [0.4, 0.5) is 5.69 Å². The molecule has 0 radical (unpaired) electrons. The van der Waals surface area contributed by atoms with Crippen molar-refractivity contribution in [2.24, 2.45) is 0 Å².